The van der Waals surface area contributed by atoms with Crippen LogP contribution in [-0.4, -0.2) is 38.7 Å². The summed E-state index contributed by atoms with van der Waals surface area (Å²) < 4.78 is 1.83. The molecule has 6 rings (SSSR count). The van der Waals surface area contributed by atoms with Crippen LogP contribution in [0, 0.1) is 0 Å². The predicted octanol–water partition coefficient (Wildman–Crippen LogP) is 5.53. The summed E-state index contributed by atoms with van der Waals surface area (Å²) in [6.07, 6.45) is 11.0. The third kappa shape index (κ3) is 5.52. The highest BCUT2D eigenvalue weighted by molar-refractivity contribution is 5.77. The Morgan fingerprint density at radius 1 is 1.05 bits per heavy atom. The molecule has 4 aromatic rings. The van der Waals surface area contributed by atoms with E-state index in [1.54, 1.807) is 0 Å². The molecule has 2 fully saturated rings. The van der Waals surface area contributed by atoms with Crippen molar-refractivity contribution < 1.29 is 0 Å². The number of anilines is 3. The van der Waals surface area contributed by atoms with Gasteiger partial charge in [-0.15, -0.1) is 0 Å². The Kier molecular flexibility index (Phi) is 7.28. The fourth-order valence-corrected chi connectivity index (χ4v) is 5.73. The lowest BCUT2D eigenvalue weighted by Crippen LogP contribution is -2.27. The molecule has 39 heavy (non-hydrogen) atoms. The standard InChI is InChI=1S/C31H37N7O/c1-3-20(4-2)28-15-22-17-34-31(36-25-9-7-24(8-10-25)35-26-11-13-33-18-26)37-29(22)38(30(28)39)19-23-16-32-14-12-27(23)21-5-6-21/h7-10,12,14-17,20-21,26,33,35H,3-6,11,13,18-19H2,1-2H3,(H,34,36,37). The van der Waals surface area contributed by atoms with Crippen LogP contribution < -0.4 is 21.5 Å². The Hall–Kier alpha value is -3.78. The maximum Gasteiger partial charge on any atom is 0.256 e. The molecule has 0 radical (unpaired) electrons. The van der Waals surface area contributed by atoms with Crippen molar-refractivity contribution in [3.05, 3.63) is 82.0 Å². The molecule has 202 valence electrons. The molecular weight excluding hydrogens is 486 g/mol. The second kappa shape index (κ2) is 11.1. The van der Waals surface area contributed by atoms with Gasteiger partial charge in [0.1, 0.15) is 5.65 Å². The second-order valence-electron chi connectivity index (χ2n) is 10.9. The molecular formula is C31H37N7O. The highest BCUT2D eigenvalue weighted by Gasteiger charge is 2.27. The maximum absolute atomic E-state index is 13.9. The highest BCUT2D eigenvalue weighted by atomic mass is 16.1. The van der Waals surface area contributed by atoms with E-state index in [0.29, 0.717) is 30.1 Å². The van der Waals surface area contributed by atoms with Crippen LogP contribution in [0.4, 0.5) is 17.3 Å². The van der Waals surface area contributed by atoms with Crippen molar-refractivity contribution in [1.82, 2.24) is 24.8 Å². The van der Waals surface area contributed by atoms with Gasteiger partial charge in [-0.1, -0.05) is 13.8 Å². The molecule has 3 aromatic heterocycles. The van der Waals surface area contributed by atoms with Gasteiger partial charge in [-0.2, -0.15) is 4.98 Å². The van der Waals surface area contributed by atoms with E-state index < -0.39 is 0 Å². The summed E-state index contributed by atoms with van der Waals surface area (Å²) in [5, 5.41) is 11.2. The minimum Gasteiger partial charge on any atom is -0.381 e. The molecule has 1 aromatic carbocycles. The van der Waals surface area contributed by atoms with E-state index in [0.717, 1.165) is 60.2 Å². The van der Waals surface area contributed by atoms with Crippen LogP contribution in [0.2, 0.25) is 0 Å². The zero-order valence-electron chi connectivity index (χ0n) is 22.8. The van der Waals surface area contributed by atoms with Crippen LogP contribution in [0.1, 0.15) is 74.5 Å². The first kappa shape index (κ1) is 25.5. The van der Waals surface area contributed by atoms with E-state index >= 15 is 0 Å². The average Bonchev–Trinajstić information content (AvgIpc) is 3.68. The Morgan fingerprint density at radius 3 is 2.56 bits per heavy atom. The molecule has 3 N–H and O–H groups in total. The molecule has 1 aliphatic heterocycles. The summed E-state index contributed by atoms with van der Waals surface area (Å²) in [6, 6.07) is 12.8. The summed E-state index contributed by atoms with van der Waals surface area (Å²) in [6.45, 7) is 6.79. The molecule has 8 heteroatoms. The Bertz CT molecular complexity index is 1500. The number of aromatic nitrogens is 4. The summed E-state index contributed by atoms with van der Waals surface area (Å²) in [5.41, 5.74) is 5.91. The lowest BCUT2D eigenvalue weighted by molar-refractivity contribution is 0.622. The van der Waals surface area contributed by atoms with Crippen molar-refractivity contribution in [3.8, 4) is 0 Å². The fourth-order valence-electron chi connectivity index (χ4n) is 5.73. The van der Waals surface area contributed by atoms with Crippen LogP contribution in [0.15, 0.2) is 59.8 Å². The number of pyridine rings is 2. The molecule has 1 unspecified atom stereocenters. The van der Waals surface area contributed by atoms with Crippen molar-refractivity contribution in [2.24, 2.45) is 0 Å². The van der Waals surface area contributed by atoms with Gasteiger partial charge in [-0.25, -0.2) is 4.98 Å². The van der Waals surface area contributed by atoms with Crippen LogP contribution in [0.5, 0.6) is 0 Å². The van der Waals surface area contributed by atoms with Crippen LogP contribution in [0.3, 0.4) is 0 Å². The van der Waals surface area contributed by atoms with Crippen molar-refractivity contribution in [2.45, 2.75) is 70.4 Å². The number of benzene rings is 1. The molecule has 8 nitrogen and oxygen atoms in total. The van der Waals surface area contributed by atoms with E-state index in [4.69, 9.17) is 4.98 Å². The minimum atomic E-state index is 0.0308. The second-order valence-corrected chi connectivity index (χ2v) is 10.9. The molecule has 1 aliphatic carbocycles. The number of fused-ring (bicyclic) bond motifs is 1. The summed E-state index contributed by atoms with van der Waals surface area (Å²) in [5.74, 6) is 1.25. The molecule has 0 amide bonds. The third-order valence-corrected chi connectivity index (χ3v) is 8.14. The molecule has 4 heterocycles. The SMILES string of the molecule is CCC(CC)c1cc2cnc(Nc3ccc(NC4CCNC4)cc3)nc2n(Cc2cnccc2C2CC2)c1=O. The van der Waals surface area contributed by atoms with Crippen LogP contribution in [0.25, 0.3) is 11.0 Å². The van der Waals surface area contributed by atoms with Gasteiger partial charge < -0.3 is 16.0 Å². The zero-order valence-corrected chi connectivity index (χ0v) is 22.8. The highest BCUT2D eigenvalue weighted by Crippen LogP contribution is 2.41. The monoisotopic (exact) mass is 523 g/mol. The number of hydrogen-bond donors (Lipinski definition) is 3. The van der Waals surface area contributed by atoms with Gasteiger partial charge in [-0.05, 0) is 98.0 Å². The van der Waals surface area contributed by atoms with Gasteiger partial charge in [0, 0.05) is 53.5 Å². The van der Waals surface area contributed by atoms with Gasteiger partial charge in [0.2, 0.25) is 5.95 Å². The molecule has 1 atom stereocenters. The molecule has 0 bridgehead atoms. The van der Waals surface area contributed by atoms with Gasteiger partial charge >= 0.3 is 0 Å². The fraction of sp³-hybridized carbons (Fsp3) is 0.419. The van der Waals surface area contributed by atoms with E-state index in [-0.39, 0.29) is 11.5 Å². The average molecular weight is 524 g/mol. The van der Waals surface area contributed by atoms with Gasteiger partial charge in [0.25, 0.3) is 5.56 Å². The zero-order chi connectivity index (χ0) is 26.8. The van der Waals surface area contributed by atoms with E-state index in [1.807, 2.05) is 41.4 Å². The topological polar surface area (TPSA) is 96.8 Å². The predicted molar refractivity (Wildman–Crippen MR) is 157 cm³/mol. The Labute approximate surface area is 229 Å². The smallest absolute Gasteiger partial charge is 0.256 e. The van der Waals surface area contributed by atoms with Gasteiger partial charge in [0.15, 0.2) is 0 Å². The molecule has 2 aliphatic rings. The summed E-state index contributed by atoms with van der Waals surface area (Å²) >= 11 is 0. The Balaban J connectivity index is 1.34. The van der Waals surface area contributed by atoms with E-state index in [2.05, 4.69) is 58.0 Å². The van der Waals surface area contributed by atoms with Crippen molar-refractivity contribution in [2.75, 3.05) is 23.7 Å². The molecule has 1 saturated heterocycles. The van der Waals surface area contributed by atoms with Crippen LogP contribution in [-0.2, 0) is 6.54 Å². The van der Waals surface area contributed by atoms with Gasteiger partial charge in [0.05, 0.1) is 6.54 Å². The first-order valence-corrected chi connectivity index (χ1v) is 14.3. The van der Waals surface area contributed by atoms with E-state index in [1.165, 1.54) is 18.4 Å². The van der Waals surface area contributed by atoms with Crippen molar-refractivity contribution in [3.63, 3.8) is 0 Å². The normalized spacial score (nSPS) is 17.2. The molecule has 1 saturated carbocycles. The number of hydrogen-bond acceptors (Lipinski definition) is 7. The lowest BCUT2D eigenvalue weighted by Gasteiger charge is -2.18. The van der Waals surface area contributed by atoms with Crippen LogP contribution >= 0.6 is 0 Å². The number of nitrogens with one attached hydrogen (secondary N) is 3. The van der Waals surface area contributed by atoms with Crippen molar-refractivity contribution in [1.29, 1.82) is 0 Å². The largest absolute Gasteiger partial charge is 0.381 e. The quantitative estimate of drug-likeness (QED) is 0.251. The first-order valence-electron chi connectivity index (χ1n) is 14.3. The molecule has 0 spiro atoms. The summed E-state index contributed by atoms with van der Waals surface area (Å²) in [7, 11) is 0. The van der Waals surface area contributed by atoms with Gasteiger partial charge in [-0.3, -0.25) is 14.3 Å². The van der Waals surface area contributed by atoms with Crippen molar-refractivity contribution >= 4 is 28.4 Å². The third-order valence-electron chi connectivity index (χ3n) is 8.14. The maximum atomic E-state index is 13.9. The minimum absolute atomic E-state index is 0.0308. The number of rotatable bonds is 10. The Morgan fingerprint density at radius 2 is 1.85 bits per heavy atom. The first-order chi connectivity index (χ1) is 19.1. The summed E-state index contributed by atoms with van der Waals surface area (Å²) in [4.78, 5) is 27.8. The van der Waals surface area contributed by atoms with E-state index in [9.17, 15) is 4.79 Å². The number of nitrogens with zero attached hydrogens (tertiary/aromatic N) is 4. The lowest BCUT2D eigenvalue weighted by atomic mass is 9.94.